The molecule has 0 fully saturated rings. The number of hydrazone groups is 1. The summed E-state index contributed by atoms with van der Waals surface area (Å²) in [6.07, 6.45) is 1.64. The molecule has 0 spiro atoms. The second kappa shape index (κ2) is 11.7. The van der Waals surface area contributed by atoms with Crippen LogP contribution in [0, 0.1) is 6.92 Å². The Morgan fingerprint density at radius 3 is 2.36 bits per heavy atom. The standard InChI is InChI=1S/C28H29N5O2S/c1-19(2)22-11-7-21(8-12-22)17-29-30-26(34)18-36-28-32-31-27(23-9-5-20(3)6-10-23)33(28)24-13-15-25(35-4)16-14-24/h5-17,19H,18H2,1-4H3,(H,30,34). The number of hydrogen-bond donors (Lipinski definition) is 1. The molecular formula is C28H29N5O2S. The molecule has 3 aromatic carbocycles. The zero-order valence-corrected chi connectivity index (χ0v) is 21.6. The Balaban J connectivity index is 1.48. The normalized spacial score (nSPS) is 11.2. The summed E-state index contributed by atoms with van der Waals surface area (Å²) in [6, 6.07) is 23.9. The SMILES string of the molecule is COc1ccc(-n2c(SCC(=O)NN=Cc3ccc(C(C)C)cc3)nnc2-c2ccc(C)cc2)cc1. The molecule has 0 unspecified atom stereocenters. The van der Waals surface area contributed by atoms with Crippen molar-refractivity contribution in [3.8, 4) is 22.8 Å². The molecule has 0 radical (unpaired) electrons. The van der Waals surface area contributed by atoms with Crippen LogP contribution in [0.25, 0.3) is 17.1 Å². The van der Waals surface area contributed by atoms with Gasteiger partial charge >= 0.3 is 0 Å². The number of carbonyl (C=O) groups is 1. The fourth-order valence-electron chi connectivity index (χ4n) is 3.53. The molecule has 0 saturated carbocycles. The minimum Gasteiger partial charge on any atom is -0.497 e. The average molecular weight is 500 g/mol. The number of amides is 1. The summed E-state index contributed by atoms with van der Waals surface area (Å²) < 4.78 is 7.24. The minimum absolute atomic E-state index is 0.145. The van der Waals surface area contributed by atoms with Gasteiger partial charge in [0.05, 0.1) is 19.1 Å². The van der Waals surface area contributed by atoms with Gasteiger partial charge in [-0.2, -0.15) is 5.10 Å². The third-order valence-corrected chi connectivity index (χ3v) is 6.54. The summed E-state index contributed by atoms with van der Waals surface area (Å²) in [5.74, 6) is 1.85. The smallest absolute Gasteiger partial charge is 0.250 e. The van der Waals surface area contributed by atoms with Crippen LogP contribution in [-0.4, -0.2) is 39.7 Å². The number of ether oxygens (including phenoxy) is 1. The Kier molecular flexibility index (Phi) is 8.17. The lowest BCUT2D eigenvalue weighted by Crippen LogP contribution is -2.20. The van der Waals surface area contributed by atoms with Crippen molar-refractivity contribution >= 4 is 23.9 Å². The highest BCUT2D eigenvalue weighted by Gasteiger charge is 2.17. The number of hydrogen-bond acceptors (Lipinski definition) is 6. The molecule has 1 amide bonds. The maximum absolute atomic E-state index is 12.5. The molecule has 7 nitrogen and oxygen atoms in total. The fraction of sp³-hybridized carbons (Fsp3) is 0.214. The van der Waals surface area contributed by atoms with Crippen LogP contribution < -0.4 is 10.2 Å². The van der Waals surface area contributed by atoms with E-state index in [-0.39, 0.29) is 11.7 Å². The van der Waals surface area contributed by atoms with E-state index in [1.165, 1.54) is 17.3 Å². The van der Waals surface area contributed by atoms with Gasteiger partial charge in [-0.1, -0.05) is 79.7 Å². The molecule has 0 saturated heterocycles. The van der Waals surface area contributed by atoms with Gasteiger partial charge in [0.15, 0.2) is 11.0 Å². The molecule has 4 rings (SSSR count). The number of methoxy groups -OCH3 is 1. The Morgan fingerprint density at radius 1 is 1.03 bits per heavy atom. The topological polar surface area (TPSA) is 81.4 Å². The highest BCUT2D eigenvalue weighted by Crippen LogP contribution is 2.29. The Hall–Kier alpha value is -3.91. The van der Waals surface area contributed by atoms with Gasteiger partial charge in [-0.3, -0.25) is 9.36 Å². The van der Waals surface area contributed by atoms with E-state index in [2.05, 4.69) is 46.7 Å². The number of carbonyl (C=O) groups excluding carboxylic acids is 1. The third kappa shape index (κ3) is 6.20. The summed E-state index contributed by atoms with van der Waals surface area (Å²) in [5, 5.41) is 13.5. The summed E-state index contributed by atoms with van der Waals surface area (Å²) in [7, 11) is 1.63. The summed E-state index contributed by atoms with van der Waals surface area (Å²) in [6.45, 7) is 6.35. The lowest BCUT2D eigenvalue weighted by molar-refractivity contribution is -0.118. The number of aryl methyl sites for hydroxylation is 1. The van der Waals surface area contributed by atoms with Crippen LogP contribution in [0.1, 0.15) is 36.5 Å². The maximum atomic E-state index is 12.5. The molecular weight excluding hydrogens is 470 g/mol. The lowest BCUT2D eigenvalue weighted by Gasteiger charge is -2.11. The first-order valence-corrected chi connectivity index (χ1v) is 12.6. The number of thioether (sulfide) groups is 1. The van der Waals surface area contributed by atoms with Crippen molar-refractivity contribution in [1.82, 2.24) is 20.2 Å². The van der Waals surface area contributed by atoms with Gasteiger partial charge in [0.2, 0.25) is 0 Å². The zero-order chi connectivity index (χ0) is 25.5. The monoisotopic (exact) mass is 499 g/mol. The summed E-state index contributed by atoms with van der Waals surface area (Å²) >= 11 is 1.30. The predicted octanol–water partition coefficient (Wildman–Crippen LogP) is 5.62. The first-order chi connectivity index (χ1) is 17.4. The quantitative estimate of drug-likeness (QED) is 0.184. The second-order valence-electron chi connectivity index (χ2n) is 8.61. The number of aromatic nitrogens is 3. The van der Waals surface area contributed by atoms with Crippen LogP contribution in [0.15, 0.2) is 83.1 Å². The Morgan fingerprint density at radius 2 is 1.72 bits per heavy atom. The van der Waals surface area contributed by atoms with E-state index in [0.717, 1.165) is 28.1 Å². The number of benzene rings is 3. The first-order valence-electron chi connectivity index (χ1n) is 11.7. The second-order valence-corrected chi connectivity index (χ2v) is 9.55. The molecule has 8 heteroatoms. The van der Waals surface area contributed by atoms with Gasteiger partial charge in [0.1, 0.15) is 5.75 Å². The number of rotatable bonds is 9. The van der Waals surface area contributed by atoms with Crippen LogP contribution >= 0.6 is 11.8 Å². The van der Waals surface area contributed by atoms with Gasteiger partial charge in [-0.05, 0) is 48.2 Å². The molecule has 0 atom stereocenters. The van der Waals surface area contributed by atoms with Crippen LogP contribution in [0.4, 0.5) is 0 Å². The van der Waals surface area contributed by atoms with Crippen molar-refractivity contribution in [1.29, 1.82) is 0 Å². The molecule has 0 aliphatic carbocycles. The minimum atomic E-state index is -0.226. The van der Waals surface area contributed by atoms with Gasteiger partial charge in [0, 0.05) is 11.3 Å². The molecule has 4 aromatic rings. The zero-order valence-electron chi connectivity index (χ0n) is 20.8. The van der Waals surface area contributed by atoms with E-state index < -0.39 is 0 Å². The predicted molar refractivity (Wildman–Crippen MR) is 145 cm³/mol. The van der Waals surface area contributed by atoms with Crippen molar-refractivity contribution in [2.45, 2.75) is 31.8 Å². The first kappa shape index (κ1) is 25.2. The summed E-state index contributed by atoms with van der Waals surface area (Å²) in [4.78, 5) is 12.5. The largest absolute Gasteiger partial charge is 0.497 e. The van der Waals surface area contributed by atoms with E-state index in [1.54, 1.807) is 13.3 Å². The molecule has 0 aliphatic rings. The van der Waals surface area contributed by atoms with Crippen molar-refractivity contribution in [2.75, 3.05) is 12.9 Å². The average Bonchev–Trinajstić information content (AvgIpc) is 3.32. The highest BCUT2D eigenvalue weighted by atomic mass is 32.2. The lowest BCUT2D eigenvalue weighted by atomic mass is 10.0. The van der Waals surface area contributed by atoms with Crippen molar-refractivity contribution in [3.63, 3.8) is 0 Å². The van der Waals surface area contributed by atoms with E-state index in [0.29, 0.717) is 16.9 Å². The van der Waals surface area contributed by atoms with Crippen molar-refractivity contribution < 1.29 is 9.53 Å². The Bertz CT molecular complexity index is 1330. The Labute approximate surface area is 215 Å². The summed E-state index contributed by atoms with van der Waals surface area (Å²) in [5.41, 5.74) is 7.76. The molecule has 1 N–H and O–H groups in total. The van der Waals surface area contributed by atoms with Gasteiger partial charge in [0.25, 0.3) is 5.91 Å². The van der Waals surface area contributed by atoms with Crippen LogP contribution in [-0.2, 0) is 4.79 Å². The van der Waals surface area contributed by atoms with Crippen LogP contribution in [0.2, 0.25) is 0 Å². The van der Waals surface area contributed by atoms with Gasteiger partial charge < -0.3 is 4.74 Å². The van der Waals surface area contributed by atoms with Gasteiger partial charge in [-0.25, -0.2) is 5.43 Å². The highest BCUT2D eigenvalue weighted by molar-refractivity contribution is 7.99. The van der Waals surface area contributed by atoms with E-state index in [4.69, 9.17) is 4.74 Å². The van der Waals surface area contributed by atoms with Gasteiger partial charge in [-0.15, -0.1) is 10.2 Å². The maximum Gasteiger partial charge on any atom is 0.250 e. The molecule has 1 aromatic heterocycles. The van der Waals surface area contributed by atoms with Crippen molar-refractivity contribution in [3.05, 3.63) is 89.5 Å². The third-order valence-electron chi connectivity index (χ3n) is 5.61. The van der Waals surface area contributed by atoms with E-state index >= 15 is 0 Å². The molecule has 1 heterocycles. The van der Waals surface area contributed by atoms with Crippen molar-refractivity contribution in [2.24, 2.45) is 5.10 Å². The van der Waals surface area contributed by atoms with Crippen LogP contribution in [0.5, 0.6) is 5.75 Å². The molecule has 0 aliphatic heterocycles. The molecule has 184 valence electrons. The molecule has 36 heavy (non-hydrogen) atoms. The number of nitrogens with one attached hydrogen (secondary N) is 1. The van der Waals surface area contributed by atoms with E-state index in [9.17, 15) is 4.79 Å². The number of nitrogens with zero attached hydrogens (tertiary/aromatic N) is 4. The van der Waals surface area contributed by atoms with Crippen LogP contribution in [0.3, 0.4) is 0 Å². The fourth-order valence-corrected chi connectivity index (χ4v) is 4.27. The molecule has 0 bridgehead atoms. The van der Waals surface area contributed by atoms with E-state index in [1.807, 2.05) is 72.2 Å².